The Kier molecular flexibility index (Phi) is 5.39. The summed E-state index contributed by atoms with van der Waals surface area (Å²) >= 11 is 0. The average Bonchev–Trinajstić information content (AvgIpc) is 2.54. The van der Waals surface area contributed by atoms with Crippen LogP contribution >= 0.6 is 0 Å². The van der Waals surface area contributed by atoms with E-state index in [4.69, 9.17) is 4.74 Å². The minimum absolute atomic E-state index is 0.0720. The SMILES string of the molecule is CC(Oc1cccc(C=O)c1)C(=O)Nc1ccc(C(C)(C)C)cc1. The summed E-state index contributed by atoms with van der Waals surface area (Å²) in [6.07, 6.45) is 0.0724. The van der Waals surface area contributed by atoms with Crippen molar-refractivity contribution in [3.05, 3.63) is 59.7 Å². The second kappa shape index (κ2) is 7.30. The Balaban J connectivity index is 1.99. The number of aldehydes is 1. The van der Waals surface area contributed by atoms with Crippen LogP contribution in [-0.4, -0.2) is 18.3 Å². The van der Waals surface area contributed by atoms with Gasteiger partial charge in [0, 0.05) is 11.3 Å². The maximum absolute atomic E-state index is 12.2. The fraction of sp³-hybridized carbons (Fsp3) is 0.300. The van der Waals surface area contributed by atoms with Gasteiger partial charge in [0.2, 0.25) is 0 Å². The number of benzene rings is 2. The van der Waals surface area contributed by atoms with Gasteiger partial charge in [-0.05, 0) is 42.2 Å². The molecule has 4 heteroatoms. The van der Waals surface area contributed by atoms with E-state index in [2.05, 4.69) is 26.1 Å². The van der Waals surface area contributed by atoms with Crippen LogP contribution in [0.3, 0.4) is 0 Å². The van der Waals surface area contributed by atoms with Crippen molar-refractivity contribution >= 4 is 17.9 Å². The maximum atomic E-state index is 12.2. The molecule has 2 aromatic rings. The summed E-state index contributed by atoms with van der Waals surface area (Å²) in [6.45, 7) is 8.10. The van der Waals surface area contributed by atoms with Crippen LogP contribution in [-0.2, 0) is 10.2 Å². The second-order valence-electron chi connectivity index (χ2n) is 6.77. The summed E-state index contributed by atoms with van der Waals surface area (Å²) in [7, 11) is 0. The van der Waals surface area contributed by atoms with E-state index in [1.807, 2.05) is 24.3 Å². The van der Waals surface area contributed by atoms with Gasteiger partial charge in [0.1, 0.15) is 12.0 Å². The van der Waals surface area contributed by atoms with Gasteiger partial charge in [-0.15, -0.1) is 0 Å². The summed E-state index contributed by atoms with van der Waals surface area (Å²) in [5, 5.41) is 2.84. The molecule has 1 atom stereocenters. The number of nitrogens with one attached hydrogen (secondary N) is 1. The van der Waals surface area contributed by atoms with Crippen molar-refractivity contribution in [2.45, 2.75) is 39.2 Å². The lowest BCUT2D eigenvalue weighted by atomic mass is 9.87. The lowest BCUT2D eigenvalue weighted by Gasteiger charge is -2.19. The Bertz CT molecular complexity index is 714. The minimum Gasteiger partial charge on any atom is -0.481 e. The van der Waals surface area contributed by atoms with E-state index in [0.29, 0.717) is 11.3 Å². The predicted molar refractivity (Wildman–Crippen MR) is 95.7 cm³/mol. The van der Waals surface area contributed by atoms with Gasteiger partial charge < -0.3 is 10.1 Å². The zero-order chi connectivity index (χ0) is 17.7. The van der Waals surface area contributed by atoms with Crippen LogP contribution in [0.5, 0.6) is 5.75 Å². The summed E-state index contributed by atoms with van der Waals surface area (Å²) in [6, 6.07) is 14.5. The zero-order valence-corrected chi connectivity index (χ0v) is 14.5. The molecule has 1 N–H and O–H groups in total. The van der Waals surface area contributed by atoms with Crippen LogP contribution in [0.1, 0.15) is 43.6 Å². The molecule has 2 aromatic carbocycles. The van der Waals surface area contributed by atoms with E-state index in [0.717, 1.165) is 12.0 Å². The van der Waals surface area contributed by atoms with Crippen molar-refractivity contribution in [2.75, 3.05) is 5.32 Å². The number of carbonyl (C=O) groups is 2. The number of carbonyl (C=O) groups excluding carboxylic acids is 2. The smallest absolute Gasteiger partial charge is 0.265 e. The summed E-state index contributed by atoms with van der Waals surface area (Å²) in [5.41, 5.74) is 2.51. The molecule has 1 amide bonds. The normalized spacial score (nSPS) is 12.3. The third-order valence-electron chi connectivity index (χ3n) is 3.69. The highest BCUT2D eigenvalue weighted by atomic mass is 16.5. The fourth-order valence-corrected chi connectivity index (χ4v) is 2.22. The van der Waals surface area contributed by atoms with Crippen LogP contribution < -0.4 is 10.1 Å². The second-order valence-corrected chi connectivity index (χ2v) is 6.77. The van der Waals surface area contributed by atoms with Crippen molar-refractivity contribution in [3.8, 4) is 5.75 Å². The minimum atomic E-state index is -0.672. The topological polar surface area (TPSA) is 55.4 Å². The highest BCUT2D eigenvalue weighted by Gasteiger charge is 2.16. The van der Waals surface area contributed by atoms with Gasteiger partial charge in [-0.3, -0.25) is 9.59 Å². The molecule has 0 fully saturated rings. The zero-order valence-electron chi connectivity index (χ0n) is 14.5. The molecule has 4 nitrogen and oxygen atoms in total. The summed E-state index contributed by atoms with van der Waals surface area (Å²) < 4.78 is 5.60. The van der Waals surface area contributed by atoms with Crippen molar-refractivity contribution in [1.82, 2.24) is 0 Å². The van der Waals surface area contributed by atoms with Gasteiger partial charge in [-0.25, -0.2) is 0 Å². The number of rotatable bonds is 5. The Morgan fingerprint density at radius 2 is 1.79 bits per heavy atom. The van der Waals surface area contributed by atoms with Gasteiger partial charge >= 0.3 is 0 Å². The quantitative estimate of drug-likeness (QED) is 0.838. The van der Waals surface area contributed by atoms with Crippen LogP contribution in [0, 0.1) is 0 Å². The van der Waals surface area contributed by atoms with E-state index in [1.165, 1.54) is 5.56 Å². The first-order chi connectivity index (χ1) is 11.3. The number of hydrogen-bond acceptors (Lipinski definition) is 3. The average molecular weight is 325 g/mol. The first-order valence-corrected chi connectivity index (χ1v) is 7.93. The first kappa shape index (κ1) is 17.7. The molecule has 24 heavy (non-hydrogen) atoms. The van der Waals surface area contributed by atoms with Gasteiger partial charge in [0.05, 0.1) is 0 Å². The van der Waals surface area contributed by atoms with Crippen molar-refractivity contribution < 1.29 is 14.3 Å². The van der Waals surface area contributed by atoms with Crippen LogP contribution in [0.4, 0.5) is 5.69 Å². The number of amides is 1. The van der Waals surface area contributed by atoms with Gasteiger partial charge in [0.25, 0.3) is 5.91 Å². The molecule has 0 aliphatic heterocycles. The van der Waals surface area contributed by atoms with E-state index in [-0.39, 0.29) is 11.3 Å². The molecule has 0 bridgehead atoms. The highest BCUT2D eigenvalue weighted by molar-refractivity contribution is 5.94. The first-order valence-electron chi connectivity index (χ1n) is 7.93. The van der Waals surface area contributed by atoms with Crippen molar-refractivity contribution in [2.24, 2.45) is 0 Å². The van der Waals surface area contributed by atoms with Crippen LogP contribution in [0.25, 0.3) is 0 Å². The Morgan fingerprint density at radius 1 is 1.12 bits per heavy atom. The van der Waals surface area contributed by atoms with Gasteiger partial charge in [0.15, 0.2) is 6.10 Å². The molecule has 0 radical (unpaired) electrons. The van der Waals surface area contributed by atoms with E-state index in [1.54, 1.807) is 31.2 Å². The molecule has 126 valence electrons. The lowest BCUT2D eigenvalue weighted by Crippen LogP contribution is -2.30. The van der Waals surface area contributed by atoms with Crippen molar-refractivity contribution in [3.63, 3.8) is 0 Å². The van der Waals surface area contributed by atoms with E-state index < -0.39 is 6.10 Å². The standard InChI is InChI=1S/C20H23NO3/c1-14(24-18-7-5-6-15(12-18)13-22)19(23)21-17-10-8-16(9-11-17)20(2,3)4/h5-14H,1-4H3,(H,21,23). The molecule has 0 heterocycles. The Hall–Kier alpha value is -2.62. The third-order valence-corrected chi connectivity index (χ3v) is 3.69. The monoisotopic (exact) mass is 325 g/mol. The maximum Gasteiger partial charge on any atom is 0.265 e. The third kappa shape index (κ3) is 4.69. The molecule has 0 aliphatic carbocycles. The predicted octanol–water partition coefficient (Wildman–Crippen LogP) is 4.20. The molecule has 2 rings (SSSR count). The van der Waals surface area contributed by atoms with E-state index in [9.17, 15) is 9.59 Å². The Morgan fingerprint density at radius 3 is 2.38 bits per heavy atom. The van der Waals surface area contributed by atoms with Crippen molar-refractivity contribution in [1.29, 1.82) is 0 Å². The fourth-order valence-electron chi connectivity index (χ4n) is 2.22. The van der Waals surface area contributed by atoms with E-state index >= 15 is 0 Å². The number of ether oxygens (including phenoxy) is 1. The molecule has 0 aliphatic rings. The molecule has 0 saturated carbocycles. The number of hydrogen-bond donors (Lipinski definition) is 1. The lowest BCUT2D eigenvalue weighted by molar-refractivity contribution is -0.122. The molecule has 1 unspecified atom stereocenters. The summed E-state index contributed by atoms with van der Waals surface area (Å²) in [4.78, 5) is 23.0. The van der Waals surface area contributed by atoms with Crippen LogP contribution in [0.15, 0.2) is 48.5 Å². The molecular weight excluding hydrogens is 302 g/mol. The molecule has 0 saturated heterocycles. The molecular formula is C20H23NO3. The van der Waals surface area contributed by atoms with Gasteiger partial charge in [-0.1, -0.05) is 45.0 Å². The highest BCUT2D eigenvalue weighted by Crippen LogP contribution is 2.23. The molecule has 0 aromatic heterocycles. The summed E-state index contributed by atoms with van der Waals surface area (Å²) in [5.74, 6) is 0.250. The Labute approximate surface area is 142 Å². The number of anilines is 1. The molecule has 0 spiro atoms. The van der Waals surface area contributed by atoms with Gasteiger partial charge in [-0.2, -0.15) is 0 Å². The largest absolute Gasteiger partial charge is 0.481 e. The van der Waals surface area contributed by atoms with Crippen LogP contribution in [0.2, 0.25) is 0 Å².